The number of rotatable bonds is 6. The maximum atomic E-state index is 11.9. The van der Waals surface area contributed by atoms with E-state index in [1.54, 1.807) is 25.1 Å². The van der Waals surface area contributed by atoms with Crippen LogP contribution in [-0.4, -0.2) is 31.8 Å². The normalized spacial score (nSPS) is 10.2. The van der Waals surface area contributed by atoms with Crippen molar-refractivity contribution in [3.05, 3.63) is 29.0 Å². The number of hydrogen-bond acceptors (Lipinski definition) is 6. The van der Waals surface area contributed by atoms with Gasteiger partial charge in [-0.15, -0.1) is 0 Å². The standard InChI is InChI=1S/C14H16ClN3O4/c1-8-4-13(18-22-8)17-14(19)7-16-10-6-11(20-2)9(15)5-12(10)21-3/h4-6,16H,7H2,1-3H3,(H,17,18,19). The molecule has 0 aliphatic carbocycles. The molecule has 1 amide bonds. The molecule has 0 radical (unpaired) electrons. The zero-order chi connectivity index (χ0) is 16.1. The number of nitrogens with zero attached hydrogens (tertiary/aromatic N) is 1. The largest absolute Gasteiger partial charge is 0.495 e. The lowest BCUT2D eigenvalue weighted by molar-refractivity contribution is -0.114. The van der Waals surface area contributed by atoms with Crippen molar-refractivity contribution in [1.29, 1.82) is 0 Å². The molecular weight excluding hydrogens is 310 g/mol. The van der Waals surface area contributed by atoms with Crippen molar-refractivity contribution in [1.82, 2.24) is 5.16 Å². The predicted molar refractivity (Wildman–Crippen MR) is 82.9 cm³/mol. The first kappa shape index (κ1) is 16.0. The Labute approximate surface area is 132 Å². The number of aromatic nitrogens is 1. The number of amides is 1. The van der Waals surface area contributed by atoms with Crippen LogP contribution in [0.15, 0.2) is 22.7 Å². The lowest BCUT2D eigenvalue weighted by Crippen LogP contribution is -2.22. The highest BCUT2D eigenvalue weighted by Gasteiger charge is 2.12. The average Bonchev–Trinajstić information content (AvgIpc) is 2.90. The quantitative estimate of drug-likeness (QED) is 0.849. The molecule has 2 aromatic rings. The number of aryl methyl sites for hydroxylation is 1. The molecule has 22 heavy (non-hydrogen) atoms. The van der Waals surface area contributed by atoms with Gasteiger partial charge in [0.15, 0.2) is 5.82 Å². The summed E-state index contributed by atoms with van der Waals surface area (Å²) in [4.78, 5) is 11.9. The van der Waals surface area contributed by atoms with Gasteiger partial charge in [0.25, 0.3) is 0 Å². The Bertz CT molecular complexity index is 672. The third kappa shape index (κ3) is 3.82. The maximum absolute atomic E-state index is 11.9. The number of nitrogens with one attached hydrogen (secondary N) is 2. The Morgan fingerprint density at radius 2 is 2.00 bits per heavy atom. The van der Waals surface area contributed by atoms with Crippen molar-refractivity contribution >= 4 is 29.0 Å². The lowest BCUT2D eigenvalue weighted by atomic mass is 10.2. The fraction of sp³-hybridized carbons (Fsp3) is 0.286. The smallest absolute Gasteiger partial charge is 0.244 e. The minimum absolute atomic E-state index is 0.0209. The molecule has 1 aromatic heterocycles. The highest BCUT2D eigenvalue weighted by atomic mass is 35.5. The summed E-state index contributed by atoms with van der Waals surface area (Å²) in [5.74, 6) is 1.70. The number of carbonyl (C=O) groups is 1. The molecule has 0 atom stereocenters. The molecule has 2 N–H and O–H groups in total. The van der Waals surface area contributed by atoms with E-state index >= 15 is 0 Å². The van der Waals surface area contributed by atoms with Crippen LogP contribution in [0.25, 0.3) is 0 Å². The summed E-state index contributed by atoms with van der Waals surface area (Å²) in [6.45, 7) is 1.76. The molecule has 0 aliphatic heterocycles. The fourth-order valence-corrected chi connectivity index (χ4v) is 2.02. The Morgan fingerprint density at radius 3 is 2.59 bits per heavy atom. The van der Waals surface area contributed by atoms with Gasteiger partial charge in [0.1, 0.15) is 17.3 Å². The summed E-state index contributed by atoms with van der Waals surface area (Å²) in [7, 11) is 3.03. The van der Waals surface area contributed by atoms with E-state index in [1.165, 1.54) is 14.2 Å². The molecule has 118 valence electrons. The molecular formula is C14H16ClN3O4. The van der Waals surface area contributed by atoms with Gasteiger partial charge in [0.05, 0.1) is 31.5 Å². The van der Waals surface area contributed by atoms with Crippen LogP contribution >= 0.6 is 11.6 Å². The molecule has 1 heterocycles. The number of hydrogen-bond donors (Lipinski definition) is 2. The van der Waals surface area contributed by atoms with Gasteiger partial charge in [-0.25, -0.2) is 0 Å². The van der Waals surface area contributed by atoms with Crippen molar-refractivity contribution in [2.24, 2.45) is 0 Å². The van der Waals surface area contributed by atoms with Crippen LogP contribution in [0.5, 0.6) is 11.5 Å². The summed E-state index contributed by atoms with van der Waals surface area (Å²) >= 11 is 6.02. The SMILES string of the molecule is COc1cc(NCC(=O)Nc2cc(C)on2)c(OC)cc1Cl. The Morgan fingerprint density at radius 1 is 1.27 bits per heavy atom. The molecule has 8 heteroatoms. The summed E-state index contributed by atoms with van der Waals surface area (Å²) in [5.41, 5.74) is 0.593. The van der Waals surface area contributed by atoms with Crippen LogP contribution in [0.4, 0.5) is 11.5 Å². The van der Waals surface area contributed by atoms with E-state index < -0.39 is 0 Å². The Hall–Kier alpha value is -2.41. The van der Waals surface area contributed by atoms with Gasteiger partial charge in [-0.2, -0.15) is 0 Å². The van der Waals surface area contributed by atoms with Crippen LogP contribution < -0.4 is 20.1 Å². The van der Waals surface area contributed by atoms with E-state index in [-0.39, 0.29) is 12.5 Å². The highest BCUT2D eigenvalue weighted by molar-refractivity contribution is 6.32. The lowest BCUT2D eigenvalue weighted by Gasteiger charge is -2.13. The number of halogens is 1. The van der Waals surface area contributed by atoms with E-state index in [9.17, 15) is 4.79 Å². The predicted octanol–water partition coefficient (Wildman–Crippen LogP) is 2.70. The molecule has 0 fully saturated rings. The third-order valence-corrected chi connectivity index (χ3v) is 3.10. The Balaban J connectivity index is 2.02. The van der Waals surface area contributed by atoms with Gasteiger partial charge in [0, 0.05) is 18.2 Å². The maximum Gasteiger partial charge on any atom is 0.244 e. The second-order valence-corrected chi connectivity index (χ2v) is 4.82. The van der Waals surface area contributed by atoms with Crippen LogP contribution in [0, 0.1) is 6.92 Å². The zero-order valence-electron chi connectivity index (χ0n) is 12.4. The fourth-order valence-electron chi connectivity index (χ4n) is 1.79. The number of benzene rings is 1. The van der Waals surface area contributed by atoms with Crippen LogP contribution in [0.2, 0.25) is 5.02 Å². The summed E-state index contributed by atoms with van der Waals surface area (Å²) in [5, 5.41) is 9.68. The van der Waals surface area contributed by atoms with E-state index in [1.807, 2.05) is 0 Å². The van der Waals surface area contributed by atoms with Crippen LogP contribution in [0.3, 0.4) is 0 Å². The van der Waals surface area contributed by atoms with Gasteiger partial charge in [-0.05, 0) is 6.92 Å². The van der Waals surface area contributed by atoms with Crippen molar-refractivity contribution in [3.8, 4) is 11.5 Å². The summed E-state index contributed by atoms with van der Waals surface area (Å²) < 4.78 is 15.2. The molecule has 0 spiro atoms. The first-order valence-electron chi connectivity index (χ1n) is 6.42. The number of carbonyl (C=O) groups excluding carboxylic acids is 1. The molecule has 0 bridgehead atoms. The topological polar surface area (TPSA) is 85.6 Å². The molecule has 0 saturated carbocycles. The van der Waals surface area contributed by atoms with Gasteiger partial charge in [-0.1, -0.05) is 16.8 Å². The average molecular weight is 326 g/mol. The highest BCUT2D eigenvalue weighted by Crippen LogP contribution is 2.35. The van der Waals surface area contributed by atoms with Gasteiger partial charge in [0.2, 0.25) is 5.91 Å². The number of ether oxygens (including phenoxy) is 2. The second-order valence-electron chi connectivity index (χ2n) is 4.41. The monoisotopic (exact) mass is 325 g/mol. The first-order valence-corrected chi connectivity index (χ1v) is 6.80. The zero-order valence-corrected chi connectivity index (χ0v) is 13.2. The van der Waals surface area contributed by atoms with Gasteiger partial charge in [-0.3, -0.25) is 4.79 Å². The van der Waals surface area contributed by atoms with Crippen molar-refractivity contribution in [2.45, 2.75) is 6.92 Å². The Kier molecular flexibility index (Phi) is 5.11. The van der Waals surface area contributed by atoms with E-state index in [2.05, 4.69) is 15.8 Å². The molecule has 0 unspecified atom stereocenters. The summed E-state index contributed by atoms with van der Waals surface area (Å²) in [6, 6.07) is 4.90. The van der Waals surface area contributed by atoms with Crippen molar-refractivity contribution in [3.63, 3.8) is 0 Å². The minimum atomic E-state index is -0.274. The second kappa shape index (κ2) is 7.04. The van der Waals surface area contributed by atoms with E-state index in [4.69, 9.17) is 25.6 Å². The molecule has 1 aromatic carbocycles. The van der Waals surface area contributed by atoms with Crippen LogP contribution in [-0.2, 0) is 4.79 Å². The first-order chi connectivity index (χ1) is 10.5. The van der Waals surface area contributed by atoms with Gasteiger partial charge < -0.3 is 24.6 Å². The molecule has 2 rings (SSSR count). The minimum Gasteiger partial charge on any atom is -0.495 e. The third-order valence-electron chi connectivity index (χ3n) is 2.81. The molecule has 7 nitrogen and oxygen atoms in total. The summed E-state index contributed by atoms with van der Waals surface area (Å²) in [6.07, 6.45) is 0. The van der Waals surface area contributed by atoms with E-state index in [0.29, 0.717) is 33.8 Å². The molecule has 0 saturated heterocycles. The van der Waals surface area contributed by atoms with Crippen molar-refractivity contribution in [2.75, 3.05) is 31.4 Å². The number of anilines is 2. The van der Waals surface area contributed by atoms with E-state index in [0.717, 1.165) is 0 Å². The van der Waals surface area contributed by atoms with Crippen molar-refractivity contribution < 1.29 is 18.8 Å². The number of methoxy groups -OCH3 is 2. The van der Waals surface area contributed by atoms with Crippen LogP contribution in [0.1, 0.15) is 5.76 Å². The van der Waals surface area contributed by atoms with Gasteiger partial charge >= 0.3 is 0 Å². The molecule has 0 aliphatic rings.